The van der Waals surface area contributed by atoms with Gasteiger partial charge in [-0.25, -0.2) is 0 Å². The van der Waals surface area contributed by atoms with Crippen molar-refractivity contribution in [3.8, 4) is 0 Å². The number of carbonyl (C=O) groups excluding carboxylic acids is 2. The van der Waals surface area contributed by atoms with Gasteiger partial charge in [0.25, 0.3) is 5.91 Å². The fourth-order valence-electron chi connectivity index (χ4n) is 2.86. The molecule has 0 spiro atoms. The molecule has 2 amide bonds. The molecule has 29 heavy (non-hydrogen) atoms. The SMILES string of the molecule is CNC(=O)c1ccc(NC(=O)CSC(c2ccccc2)c2ccc(Cl)cc2)cc1. The van der Waals surface area contributed by atoms with Gasteiger partial charge >= 0.3 is 0 Å². The summed E-state index contributed by atoms with van der Waals surface area (Å²) in [4.78, 5) is 24.1. The van der Waals surface area contributed by atoms with Crippen molar-refractivity contribution < 1.29 is 9.59 Å². The molecule has 0 aliphatic rings. The quantitative estimate of drug-likeness (QED) is 0.550. The van der Waals surface area contributed by atoms with Crippen molar-refractivity contribution in [3.63, 3.8) is 0 Å². The first-order valence-electron chi connectivity index (χ1n) is 9.11. The molecule has 4 nitrogen and oxygen atoms in total. The third-order valence-corrected chi connectivity index (χ3v) is 5.87. The summed E-state index contributed by atoms with van der Waals surface area (Å²) < 4.78 is 0. The summed E-state index contributed by atoms with van der Waals surface area (Å²) in [5.41, 5.74) is 3.42. The fraction of sp³-hybridized carbons (Fsp3) is 0.130. The average Bonchev–Trinajstić information content (AvgIpc) is 2.76. The number of benzene rings is 3. The van der Waals surface area contributed by atoms with Gasteiger partial charge in [0.15, 0.2) is 0 Å². The summed E-state index contributed by atoms with van der Waals surface area (Å²) in [5, 5.41) is 6.16. The highest BCUT2D eigenvalue weighted by molar-refractivity contribution is 8.00. The second-order valence-electron chi connectivity index (χ2n) is 6.36. The summed E-state index contributed by atoms with van der Waals surface area (Å²) in [6.07, 6.45) is 0. The monoisotopic (exact) mass is 424 g/mol. The lowest BCUT2D eigenvalue weighted by atomic mass is 10.0. The first kappa shape index (κ1) is 21.0. The lowest BCUT2D eigenvalue weighted by molar-refractivity contribution is -0.113. The van der Waals surface area contributed by atoms with Gasteiger partial charge < -0.3 is 10.6 Å². The molecule has 0 radical (unpaired) electrons. The highest BCUT2D eigenvalue weighted by Crippen LogP contribution is 2.36. The fourth-order valence-corrected chi connectivity index (χ4v) is 4.07. The number of nitrogens with one attached hydrogen (secondary N) is 2. The number of rotatable bonds is 7. The molecule has 0 saturated carbocycles. The van der Waals surface area contributed by atoms with Crippen LogP contribution < -0.4 is 10.6 Å². The van der Waals surface area contributed by atoms with Crippen LogP contribution >= 0.6 is 23.4 Å². The molecule has 0 bridgehead atoms. The van der Waals surface area contributed by atoms with E-state index < -0.39 is 0 Å². The second kappa shape index (κ2) is 10.1. The van der Waals surface area contributed by atoms with Crippen LogP contribution in [0.5, 0.6) is 0 Å². The molecular formula is C23H21ClN2O2S. The summed E-state index contributed by atoms with van der Waals surface area (Å²) in [6, 6.07) is 24.6. The zero-order valence-electron chi connectivity index (χ0n) is 15.9. The molecule has 0 aliphatic carbocycles. The Morgan fingerprint density at radius 2 is 1.52 bits per heavy atom. The Kier molecular flexibility index (Phi) is 7.33. The summed E-state index contributed by atoms with van der Waals surface area (Å²) in [6.45, 7) is 0. The molecule has 0 fully saturated rings. The van der Waals surface area contributed by atoms with E-state index in [1.165, 1.54) is 0 Å². The van der Waals surface area contributed by atoms with Crippen LogP contribution in [0, 0.1) is 0 Å². The van der Waals surface area contributed by atoms with Crippen LogP contribution in [0.2, 0.25) is 5.02 Å². The Balaban J connectivity index is 1.66. The first-order chi connectivity index (χ1) is 14.1. The molecule has 2 N–H and O–H groups in total. The molecule has 0 heterocycles. The smallest absolute Gasteiger partial charge is 0.251 e. The number of thioether (sulfide) groups is 1. The standard InChI is InChI=1S/C23H21ClN2O2S/c1-25-23(28)18-9-13-20(14-10-18)26-21(27)15-29-22(16-5-3-2-4-6-16)17-7-11-19(24)12-8-17/h2-14,22H,15H2,1H3,(H,25,28)(H,26,27). The van der Waals surface area contributed by atoms with Gasteiger partial charge in [-0.05, 0) is 47.5 Å². The minimum Gasteiger partial charge on any atom is -0.355 e. The highest BCUT2D eigenvalue weighted by atomic mass is 35.5. The van der Waals surface area contributed by atoms with E-state index in [0.29, 0.717) is 22.0 Å². The molecule has 1 atom stereocenters. The van der Waals surface area contributed by atoms with Crippen molar-refractivity contribution in [3.05, 3.63) is 101 Å². The number of hydrogen-bond donors (Lipinski definition) is 2. The maximum absolute atomic E-state index is 12.5. The van der Waals surface area contributed by atoms with Crippen LogP contribution in [0.15, 0.2) is 78.9 Å². The van der Waals surface area contributed by atoms with Crippen LogP contribution in [0.1, 0.15) is 26.7 Å². The van der Waals surface area contributed by atoms with Crippen molar-refractivity contribution in [2.45, 2.75) is 5.25 Å². The zero-order chi connectivity index (χ0) is 20.6. The summed E-state index contributed by atoms with van der Waals surface area (Å²) in [7, 11) is 1.58. The van der Waals surface area contributed by atoms with Crippen molar-refractivity contribution in [2.24, 2.45) is 0 Å². The Morgan fingerprint density at radius 3 is 2.14 bits per heavy atom. The van der Waals surface area contributed by atoms with E-state index in [1.54, 1.807) is 43.1 Å². The Hall–Kier alpha value is -2.76. The first-order valence-corrected chi connectivity index (χ1v) is 10.5. The molecule has 0 aliphatic heterocycles. The third kappa shape index (κ3) is 5.86. The Labute approximate surface area is 179 Å². The maximum atomic E-state index is 12.5. The van der Waals surface area contributed by atoms with E-state index >= 15 is 0 Å². The van der Waals surface area contributed by atoms with Crippen LogP contribution in [0.25, 0.3) is 0 Å². The van der Waals surface area contributed by atoms with Crippen LogP contribution in [-0.4, -0.2) is 24.6 Å². The van der Waals surface area contributed by atoms with E-state index in [4.69, 9.17) is 11.6 Å². The molecular weight excluding hydrogens is 404 g/mol. The minimum atomic E-state index is -0.160. The van der Waals surface area contributed by atoms with E-state index in [2.05, 4.69) is 22.8 Å². The van der Waals surface area contributed by atoms with Gasteiger partial charge in [-0.1, -0.05) is 54.1 Å². The molecule has 148 valence electrons. The van der Waals surface area contributed by atoms with Gasteiger partial charge in [-0.2, -0.15) is 0 Å². The number of carbonyl (C=O) groups is 2. The largest absolute Gasteiger partial charge is 0.355 e. The van der Waals surface area contributed by atoms with Gasteiger partial charge in [0, 0.05) is 23.3 Å². The van der Waals surface area contributed by atoms with Gasteiger partial charge in [-0.3, -0.25) is 9.59 Å². The summed E-state index contributed by atoms with van der Waals surface area (Å²) in [5.74, 6) is 0.0315. The van der Waals surface area contributed by atoms with Gasteiger partial charge in [0.1, 0.15) is 0 Å². The topological polar surface area (TPSA) is 58.2 Å². The lowest BCUT2D eigenvalue weighted by Crippen LogP contribution is -2.18. The van der Waals surface area contributed by atoms with E-state index in [1.807, 2.05) is 42.5 Å². The normalized spacial score (nSPS) is 11.5. The predicted molar refractivity (Wildman–Crippen MR) is 121 cm³/mol. The maximum Gasteiger partial charge on any atom is 0.251 e. The number of halogens is 1. The average molecular weight is 425 g/mol. The second-order valence-corrected chi connectivity index (χ2v) is 7.89. The number of amides is 2. The van der Waals surface area contributed by atoms with Crippen LogP contribution in [-0.2, 0) is 4.79 Å². The van der Waals surface area contributed by atoms with Crippen molar-refractivity contribution >= 4 is 40.9 Å². The summed E-state index contributed by atoms with van der Waals surface area (Å²) >= 11 is 7.58. The Morgan fingerprint density at radius 1 is 0.897 bits per heavy atom. The minimum absolute atomic E-state index is 0.0230. The molecule has 1 unspecified atom stereocenters. The number of anilines is 1. The van der Waals surface area contributed by atoms with E-state index in [9.17, 15) is 9.59 Å². The molecule has 3 aromatic rings. The third-order valence-electron chi connectivity index (χ3n) is 4.31. The Bertz CT molecular complexity index is 960. The van der Waals surface area contributed by atoms with Gasteiger partial charge in [0.05, 0.1) is 11.0 Å². The van der Waals surface area contributed by atoms with Crippen LogP contribution in [0.3, 0.4) is 0 Å². The lowest BCUT2D eigenvalue weighted by Gasteiger charge is -2.18. The van der Waals surface area contributed by atoms with Crippen molar-refractivity contribution in [2.75, 3.05) is 18.1 Å². The van der Waals surface area contributed by atoms with Gasteiger partial charge in [-0.15, -0.1) is 11.8 Å². The molecule has 6 heteroatoms. The number of hydrogen-bond acceptors (Lipinski definition) is 3. The zero-order valence-corrected chi connectivity index (χ0v) is 17.5. The predicted octanol–water partition coefficient (Wildman–Crippen LogP) is 5.16. The van der Waals surface area contributed by atoms with Crippen molar-refractivity contribution in [1.82, 2.24) is 5.32 Å². The van der Waals surface area contributed by atoms with E-state index in [0.717, 1.165) is 11.1 Å². The molecule has 3 aromatic carbocycles. The van der Waals surface area contributed by atoms with Crippen molar-refractivity contribution in [1.29, 1.82) is 0 Å². The van der Waals surface area contributed by atoms with E-state index in [-0.39, 0.29) is 17.1 Å². The molecule has 3 rings (SSSR count). The highest BCUT2D eigenvalue weighted by Gasteiger charge is 2.16. The molecule has 0 saturated heterocycles. The van der Waals surface area contributed by atoms with Gasteiger partial charge in [0.2, 0.25) is 5.91 Å². The van der Waals surface area contributed by atoms with Crippen LogP contribution in [0.4, 0.5) is 5.69 Å². The molecule has 0 aromatic heterocycles.